The molecule has 0 saturated heterocycles. The highest BCUT2D eigenvalue weighted by molar-refractivity contribution is 5.95. The Morgan fingerprint density at radius 2 is 0.903 bits per heavy atom. The summed E-state index contributed by atoms with van der Waals surface area (Å²) in [4.78, 5) is 18.7. The second kappa shape index (κ2) is 14.8. The van der Waals surface area contributed by atoms with E-state index < -0.39 is 0 Å². The first-order valence-electron chi connectivity index (χ1n) is 21.2. The van der Waals surface area contributed by atoms with Crippen molar-refractivity contribution in [1.82, 2.24) is 19.5 Å². The Labute approximate surface area is 360 Å². The van der Waals surface area contributed by atoms with Crippen LogP contribution in [0, 0.1) is 0 Å². The third-order valence-corrected chi connectivity index (χ3v) is 12.4. The third-order valence-electron chi connectivity index (χ3n) is 12.4. The van der Waals surface area contributed by atoms with Crippen molar-refractivity contribution in [2.75, 3.05) is 4.90 Å². The predicted molar refractivity (Wildman–Crippen MR) is 253 cm³/mol. The molecule has 0 N–H and O–H groups in total. The Bertz CT molecular complexity index is 3220. The molecule has 10 aromatic rings. The zero-order chi connectivity index (χ0) is 41.0. The van der Waals surface area contributed by atoms with Crippen LogP contribution in [-0.2, 0) is 0 Å². The molecule has 2 aromatic heterocycles. The molecule has 2 aliphatic rings. The number of para-hydroxylation sites is 2. The van der Waals surface area contributed by atoms with Crippen LogP contribution in [-0.4, -0.2) is 19.5 Å². The number of nitrogens with zero attached hydrogens (tertiary/aromatic N) is 5. The summed E-state index contributed by atoms with van der Waals surface area (Å²) in [5.41, 5.74) is 15.7. The van der Waals surface area contributed by atoms with E-state index in [1.807, 2.05) is 12.1 Å². The number of aromatic nitrogens is 4. The lowest BCUT2D eigenvalue weighted by Crippen LogP contribution is -2.26. The SMILES string of the molecule is C1=CC2c3ccccc3N(c3cccc(-c4ccccc4)c3)C2c2c1c1ccccc1n2-c1nc(-c2cccc(-c3ccccc3)c2)nc(-c2cccc(-c3ccccc3)c2)n1. The van der Waals surface area contributed by atoms with E-state index in [-0.39, 0.29) is 12.0 Å². The minimum atomic E-state index is -0.0858. The number of hydrogen-bond donors (Lipinski definition) is 0. The molecule has 5 nitrogen and oxygen atoms in total. The number of hydrogen-bond acceptors (Lipinski definition) is 4. The van der Waals surface area contributed by atoms with E-state index in [4.69, 9.17) is 15.0 Å². The average molecular weight is 794 g/mol. The van der Waals surface area contributed by atoms with Crippen molar-refractivity contribution in [1.29, 1.82) is 0 Å². The fraction of sp³-hybridized carbons (Fsp3) is 0.0351. The number of benzene rings is 8. The van der Waals surface area contributed by atoms with Crippen LogP contribution in [0.4, 0.5) is 11.4 Å². The summed E-state index contributed by atoms with van der Waals surface area (Å²) in [6.07, 6.45) is 4.73. The van der Waals surface area contributed by atoms with Gasteiger partial charge in [-0.2, -0.15) is 9.97 Å². The monoisotopic (exact) mass is 793 g/mol. The van der Waals surface area contributed by atoms with Crippen molar-refractivity contribution in [3.63, 3.8) is 0 Å². The summed E-state index contributed by atoms with van der Waals surface area (Å²) < 4.78 is 2.32. The average Bonchev–Trinajstić information content (AvgIpc) is 3.88. The highest BCUT2D eigenvalue weighted by atomic mass is 15.3. The molecule has 1 aliphatic heterocycles. The molecule has 2 atom stereocenters. The molecule has 0 saturated carbocycles. The minimum absolute atomic E-state index is 0.0858. The van der Waals surface area contributed by atoms with Crippen LogP contribution < -0.4 is 4.90 Å². The maximum absolute atomic E-state index is 5.46. The Balaban J connectivity index is 1.10. The lowest BCUT2D eigenvalue weighted by Gasteiger charge is -2.33. The van der Waals surface area contributed by atoms with Gasteiger partial charge in [0, 0.05) is 39.4 Å². The Hall–Kier alpha value is -8.15. The molecule has 5 heteroatoms. The molecular formula is C57H39N5. The standard InChI is InChI=1S/C57H39N5/c1-4-17-38(18-5-1)41-23-14-26-44(35-41)55-58-56(45-27-15-24-42(36-45)39-19-6-2-7-20-39)60-57(59-55)62-52-32-13-11-30-48(52)50-34-33-49-47-29-10-12-31-51(47)61(53(49)54(50)62)46-28-16-25-43(37-46)40-21-8-3-9-22-40/h1-37,49,53H. The van der Waals surface area contributed by atoms with E-state index in [2.05, 4.69) is 222 Å². The lowest BCUT2D eigenvalue weighted by molar-refractivity contribution is 0.630. The lowest BCUT2D eigenvalue weighted by atomic mass is 9.86. The van der Waals surface area contributed by atoms with Gasteiger partial charge < -0.3 is 4.90 Å². The molecular weight excluding hydrogens is 755 g/mol. The highest BCUT2D eigenvalue weighted by Gasteiger charge is 2.44. The molecule has 2 unspecified atom stereocenters. The molecule has 0 amide bonds. The predicted octanol–water partition coefficient (Wildman–Crippen LogP) is 14.2. The number of fused-ring (bicyclic) bond motifs is 7. The zero-order valence-corrected chi connectivity index (χ0v) is 33.8. The van der Waals surface area contributed by atoms with Gasteiger partial charge in [-0.3, -0.25) is 4.57 Å². The van der Waals surface area contributed by atoms with Gasteiger partial charge in [-0.15, -0.1) is 0 Å². The van der Waals surface area contributed by atoms with Gasteiger partial charge in [0.1, 0.15) is 0 Å². The van der Waals surface area contributed by atoms with Crippen molar-refractivity contribution in [3.8, 4) is 62.1 Å². The summed E-state index contributed by atoms with van der Waals surface area (Å²) in [7, 11) is 0. The molecule has 8 aromatic carbocycles. The van der Waals surface area contributed by atoms with Gasteiger partial charge in [0.2, 0.25) is 5.95 Å². The molecule has 0 bridgehead atoms. The number of rotatable bonds is 7. The summed E-state index contributed by atoms with van der Waals surface area (Å²) in [6.45, 7) is 0. The smallest absolute Gasteiger partial charge is 0.238 e. The van der Waals surface area contributed by atoms with Gasteiger partial charge in [-0.25, -0.2) is 4.98 Å². The second-order valence-electron chi connectivity index (χ2n) is 16.0. The molecule has 12 rings (SSSR count). The fourth-order valence-electron chi connectivity index (χ4n) is 9.56. The van der Waals surface area contributed by atoms with Gasteiger partial charge in [-0.1, -0.05) is 188 Å². The first kappa shape index (κ1) is 35.8. The van der Waals surface area contributed by atoms with E-state index in [1.54, 1.807) is 0 Å². The molecule has 62 heavy (non-hydrogen) atoms. The van der Waals surface area contributed by atoms with Crippen LogP contribution in [0.3, 0.4) is 0 Å². The van der Waals surface area contributed by atoms with Gasteiger partial charge in [-0.05, 0) is 75.3 Å². The van der Waals surface area contributed by atoms with Gasteiger partial charge in [0.05, 0.1) is 17.3 Å². The highest BCUT2D eigenvalue weighted by Crippen LogP contribution is 2.57. The van der Waals surface area contributed by atoms with Crippen molar-refractivity contribution in [3.05, 3.63) is 235 Å². The summed E-state index contributed by atoms with van der Waals surface area (Å²) >= 11 is 0. The van der Waals surface area contributed by atoms with Crippen LogP contribution >= 0.6 is 0 Å². The maximum atomic E-state index is 5.46. The summed E-state index contributed by atoms with van der Waals surface area (Å²) in [5.74, 6) is 1.91. The van der Waals surface area contributed by atoms with Crippen molar-refractivity contribution in [2.24, 2.45) is 0 Å². The van der Waals surface area contributed by atoms with Crippen LogP contribution in [0.15, 0.2) is 218 Å². The van der Waals surface area contributed by atoms with E-state index in [0.717, 1.165) is 55.7 Å². The van der Waals surface area contributed by atoms with Crippen LogP contribution in [0.2, 0.25) is 0 Å². The first-order chi connectivity index (χ1) is 30.7. The van der Waals surface area contributed by atoms with E-state index in [1.165, 1.54) is 27.9 Å². The quantitative estimate of drug-likeness (QED) is 0.161. The molecule has 0 fully saturated rings. The van der Waals surface area contributed by atoms with E-state index in [0.29, 0.717) is 17.6 Å². The molecule has 0 radical (unpaired) electrons. The molecule has 3 heterocycles. The zero-order valence-electron chi connectivity index (χ0n) is 33.8. The van der Waals surface area contributed by atoms with Crippen molar-refractivity contribution in [2.45, 2.75) is 12.0 Å². The van der Waals surface area contributed by atoms with Crippen molar-refractivity contribution >= 4 is 28.4 Å². The maximum Gasteiger partial charge on any atom is 0.238 e. The van der Waals surface area contributed by atoms with Gasteiger partial charge in [0.25, 0.3) is 0 Å². The van der Waals surface area contributed by atoms with E-state index in [9.17, 15) is 0 Å². The summed E-state index contributed by atoms with van der Waals surface area (Å²) in [5, 5.41) is 1.16. The van der Waals surface area contributed by atoms with E-state index >= 15 is 0 Å². The van der Waals surface area contributed by atoms with Crippen LogP contribution in [0.1, 0.15) is 28.8 Å². The fourth-order valence-corrected chi connectivity index (χ4v) is 9.56. The Kier molecular flexibility index (Phi) is 8.56. The third kappa shape index (κ3) is 6.05. The van der Waals surface area contributed by atoms with Gasteiger partial charge >= 0.3 is 0 Å². The second-order valence-corrected chi connectivity index (χ2v) is 16.0. The Morgan fingerprint density at radius 1 is 0.403 bits per heavy atom. The van der Waals surface area contributed by atoms with Crippen molar-refractivity contribution < 1.29 is 0 Å². The topological polar surface area (TPSA) is 46.8 Å². The largest absolute Gasteiger partial charge is 0.331 e. The normalized spacial score (nSPS) is 15.0. The molecule has 0 spiro atoms. The first-order valence-corrected chi connectivity index (χ1v) is 21.2. The molecule has 292 valence electrons. The van der Waals surface area contributed by atoms with Gasteiger partial charge in [0.15, 0.2) is 11.6 Å². The Morgan fingerprint density at radius 3 is 1.53 bits per heavy atom. The molecule has 1 aliphatic carbocycles. The van der Waals surface area contributed by atoms with Crippen LogP contribution in [0.25, 0.3) is 79.1 Å². The number of anilines is 2. The minimum Gasteiger partial charge on any atom is -0.331 e. The van der Waals surface area contributed by atoms with Crippen LogP contribution in [0.5, 0.6) is 0 Å². The summed E-state index contributed by atoms with van der Waals surface area (Å²) in [6, 6.07) is 75.1.